The number of hydrogen-bond donors (Lipinski definition) is 2. The number of fused-ring (bicyclic) bond motifs is 3. The lowest BCUT2D eigenvalue weighted by atomic mass is 9.57. The lowest BCUT2D eigenvalue weighted by Crippen LogP contribution is -2.36. The summed E-state index contributed by atoms with van der Waals surface area (Å²) >= 11 is 0. The molecule has 3 rings (SSSR count). The fraction of sp³-hybridized carbons (Fsp3) is 0.684. The van der Waals surface area contributed by atoms with E-state index >= 15 is 0 Å². The quantitative estimate of drug-likeness (QED) is 0.708. The van der Waals surface area contributed by atoms with Crippen molar-refractivity contribution >= 4 is 0 Å². The summed E-state index contributed by atoms with van der Waals surface area (Å²) in [5.41, 5.74) is 3.56. The Balaban J connectivity index is 2.11. The van der Waals surface area contributed by atoms with Crippen molar-refractivity contribution < 1.29 is 10.2 Å². The molecule has 2 heteroatoms. The van der Waals surface area contributed by atoms with E-state index < -0.39 is 0 Å². The highest BCUT2D eigenvalue weighted by Gasteiger charge is 2.43. The van der Waals surface area contributed by atoms with E-state index in [1.165, 1.54) is 24.8 Å². The summed E-state index contributed by atoms with van der Waals surface area (Å²) in [4.78, 5) is 0. The summed E-state index contributed by atoms with van der Waals surface area (Å²) < 4.78 is 0. The molecule has 0 radical (unpaired) electrons. The molecule has 0 aromatic heterocycles. The molecule has 2 N–H and O–H groups in total. The zero-order valence-electron chi connectivity index (χ0n) is 13.7. The molecule has 0 amide bonds. The highest BCUT2D eigenvalue weighted by atomic mass is 16.3. The van der Waals surface area contributed by atoms with Gasteiger partial charge in [0.25, 0.3) is 0 Å². The fourth-order valence-corrected chi connectivity index (χ4v) is 4.77. The Hall–Kier alpha value is -1.18. The van der Waals surface area contributed by atoms with Crippen molar-refractivity contribution in [3.63, 3.8) is 0 Å². The molecule has 1 fully saturated rings. The third-order valence-corrected chi connectivity index (χ3v) is 5.97. The van der Waals surface area contributed by atoms with Gasteiger partial charge in [0.15, 0.2) is 11.5 Å². The minimum atomic E-state index is 0.118. The topological polar surface area (TPSA) is 40.5 Å². The number of phenols is 2. The Bertz CT molecular complexity index is 557. The second kappa shape index (κ2) is 4.93. The van der Waals surface area contributed by atoms with Crippen molar-refractivity contribution in [1.29, 1.82) is 0 Å². The summed E-state index contributed by atoms with van der Waals surface area (Å²) in [6, 6.07) is 2.15. The van der Waals surface area contributed by atoms with E-state index in [4.69, 9.17) is 0 Å². The predicted octanol–water partition coefficient (Wildman–Crippen LogP) is 5.08. The smallest absolute Gasteiger partial charge is 0.161 e. The maximum Gasteiger partial charge on any atom is 0.161 e. The molecule has 2 unspecified atom stereocenters. The Morgan fingerprint density at radius 1 is 1.14 bits per heavy atom. The van der Waals surface area contributed by atoms with Gasteiger partial charge in [0, 0.05) is 11.1 Å². The van der Waals surface area contributed by atoms with Crippen molar-refractivity contribution in [2.45, 2.75) is 71.6 Å². The maximum absolute atomic E-state index is 10.6. The van der Waals surface area contributed by atoms with Crippen molar-refractivity contribution in [3.8, 4) is 11.5 Å². The molecule has 2 aliphatic rings. The monoisotopic (exact) mass is 288 g/mol. The van der Waals surface area contributed by atoms with Gasteiger partial charge in [-0.05, 0) is 54.4 Å². The van der Waals surface area contributed by atoms with Crippen molar-refractivity contribution in [3.05, 3.63) is 22.8 Å². The first-order chi connectivity index (χ1) is 9.83. The molecule has 1 aromatic carbocycles. The normalized spacial score (nSPS) is 27.3. The molecule has 0 bridgehead atoms. The average Bonchev–Trinajstić information content (AvgIpc) is 2.41. The minimum Gasteiger partial charge on any atom is -0.504 e. The number of hydrogen-bond acceptors (Lipinski definition) is 2. The average molecular weight is 288 g/mol. The van der Waals surface area contributed by atoms with Gasteiger partial charge >= 0.3 is 0 Å². The summed E-state index contributed by atoms with van der Waals surface area (Å²) in [6.07, 6.45) is 5.90. The van der Waals surface area contributed by atoms with Crippen LogP contribution in [0.15, 0.2) is 6.07 Å². The molecule has 2 nitrogen and oxygen atoms in total. The summed E-state index contributed by atoms with van der Waals surface area (Å²) in [7, 11) is 0. The molecule has 2 atom stereocenters. The largest absolute Gasteiger partial charge is 0.504 e. The zero-order chi connectivity index (χ0) is 15.4. The molecule has 0 aliphatic heterocycles. The van der Waals surface area contributed by atoms with Gasteiger partial charge in [0.2, 0.25) is 0 Å². The van der Waals surface area contributed by atoms with Crippen LogP contribution in [0, 0.1) is 11.3 Å². The molecule has 21 heavy (non-hydrogen) atoms. The van der Waals surface area contributed by atoms with E-state index in [0.717, 1.165) is 24.0 Å². The van der Waals surface area contributed by atoms with Crippen molar-refractivity contribution in [1.82, 2.24) is 0 Å². The van der Waals surface area contributed by atoms with Crippen LogP contribution in [-0.2, 0) is 6.42 Å². The van der Waals surface area contributed by atoms with Gasteiger partial charge in [-0.1, -0.05) is 40.2 Å². The molecular weight excluding hydrogens is 260 g/mol. The van der Waals surface area contributed by atoms with Crippen LogP contribution in [-0.4, -0.2) is 10.2 Å². The van der Waals surface area contributed by atoms with Gasteiger partial charge < -0.3 is 10.2 Å². The van der Waals surface area contributed by atoms with Crippen LogP contribution < -0.4 is 0 Å². The first-order valence-electron chi connectivity index (χ1n) is 8.40. The van der Waals surface area contributed by atoms with Crippen LogP contribution >= 0.6 is 0 Å². The second-order valence-electron chi connectivity index (χ2n) is 8.02. The highest BCUT2D eigenvalue weighted by Crippen LogP contribution is 2.57. The van der Waals surface area contributed by atoms with Crippen LogP contribution in [0.25, 0.3) is 0 Å². The number of benzene rings is 1. The molecule has 116 valence electrons. The van der Waals surface area contributed by atoms with E-state index in [2.05, 4.69) is 33.8 Å². The van der Waals surface area contributed by atoms with Crippen LogP contribution in [0.5, 0.6) is 11.5 Å². The number of rotatable bonds is 1. The second-order valence-corrected chi connectivity index (χ2v) is 8.02. The zero-order valence-corrected chi connectivity index (χ0v) is 13.7. The molecule has 1 aromatic rings. The van der Waals surface area contributed by atoms with E-state index in [1.807, 2.05) is 0 Å². The third kappa shape index (κ3) is 2.23. The van der Waals surface area contributed by atoms with E-state index in [0.29, 0.717) is 17.3 Å². The van der Waals surface area contributed by atoms with Crippen LogP contribution in [0.2, 0.25) is 0 Å². The first kappa shape index (κ1) is 14.7. The van der Waals surface area contributed by atoms with Crippen LogP contribution in [0.1, 0.15) is 81.9 Å². The maximum atomic E-state index is 10.6. The molecule has 1 saturated carbocycles. The lowest BCUT2D eigenvalue weighted by Gasteiger charge is -2.47. The van der Waals surface area contributed by atoms with Gasteiger partial charge in [-0.15, -0.1) is 0 Å². The Morgan fingerprint density at radius 3 is 2.52 bits per heavy atom. The first-order valence-corrected chi connectivity index (χ1v) is 8.40. The van der Waals surface area contributed by atoms with Gasteiger partial charge in [-0.25, -0.2) is 0 Å². The number of aryl methyl sites for hydroxylation is 1. The van der Waals surface area contributed by atoms with Crippen molar-refractivity contribution in [2.24, 2.45) is 11.3 Å². The van der Waals surface area contributed by atoms with Gasteiger partial charge in [0.05, 0.1) is 0 Å². The highest BCUT2D eigenvalue weighted by molar-refractivity contribution is 5.57. The van der Waals surface area contributed by atoms with Gasteiger partial charge in [0.1, 0.15) is 0 Å². The lowest BCUT2D eigenvalue weighted by molar-refractivity contribution is 0.0955. The molecule has 0 heterocycles. The van der Waals surface area contributed by atoms with Gasteiger partial charge in [-0.2, -0.15) is 0 Å². The SMILES string of the molecule is CC(C)c1cc2c(c(O)c1O)C1CCCC(C)(C)C1CC2. The van der Waals surface area contributed by atoms with Crippen molar-refractivity contribution in [2.75, 3.05) is 0 Å². The van der Waals surface area contributed by atoms with E-state index in [9.17, 15) is 10.2 Å². The number of phenolic OH excluding ortho intramolecular Hbond substituents is 2. The molecule has 0 saturated heterocycles. The van der Waals surface area contributed by atoms with Crippen LogP contribution in [0.3, 0.4) is 0 Å². The summed E-state index contributed by atoms with van der Waals surface area (Å²) in [6.45, 7) is 8.87. The summed E-state index contributed by atoms with van der Waals surface area (Å²) in [5, 5.41) is 21.0. The predicted molar refractivity (Wildman–Crippen MR) is 86.0 cm³/mol. The van der Waals surface area contributed by atoms with E-state index in [-0.39, 0.29) is 17.4 Å². The Kier molecular flexibility index (Phi) is 3.46. The fourth-order valence-electron chi connectivity index (χ4n) is 4.77. The third-order valence-electron chi connectivity index (χ3n) is 5.97. The minimum absolute atomic E-state index is 0.118. The molecule has 2 aliphatic carbocycles. The Morgan fingerprint density at radius 2 is 1.86 bits per heavy atom. The Labute approximate surface area is 128 Å². The molecule has 0 spiro atoms. The number of aromatic hydroxyl groups is 2. The molecular formula is C19H28O2. The summed E-state index contributed by atoms with van der Waals surface area (Å²) in [5.74, 6) is 1.58. The van der Waals surface area contributed by atoms with Gasteiger partial charge in [-0.3, -0.25) is 0 Å². The van der Waals surface area contributed by atoms with E-state index in [1.54, 1.807) is 0 Å². The van der Waals surface area contributed by atoms with Crippen LogP contribution in [0.4, 0.5) is 0 Å². The standard InChI is InChI=1S/C19H28O2/c1-11(2)14-10-12-7-8-15-13(6-5-9-19(15,3)4)16(12)18(21)17(14)20/h10-11,13,15,20-21H,5-9H2,1-4H3.